The molecule has 132 valence electrons. The molecule has 0 aromatic heterocycles. The molecule has 0 atom stereocenters. The number of rotatable bonds is 1. The van der Waals surface area contributed by atoms with E-state index in [0.29, 0.717) is 0 Å². The fourth-order valence-electron chi connectivity index (χ4n) is 5.20. The molecule has 28 heavy (non-hydrogen) atoms. The van der Waals surface area contributed by atoms with E-state index in [2.05, 4.69) is 72.8 Å². The Hall–Kier alpha value is -3.50. The van der Waals surface area contributed by atoms with Crippen LogP contribution in [0.3, 0.4) is 0 Å². The van der Waals surface area contributed by atoms with Crippen molar-refractivity contribution in [3.8, 4) is 22.3 Å². The van der Waals surface area contributed by atoms with Crippen molar-refractivity contribution in [2.75, 3.05) is 0 Å². The molecular weight excluding hydrogens is 362 g/mol. The summed E-state index contributed by atoms with van der Waals surface area (Å²) in [5.41, 5.74) is 5.04. The van der Waals surface area contributed by atoms with E-state index in [9.17, 15) is 10.1 Å². The SMILES string of the molecule is O=[N+]([O-])c1ccc2c(c1)[Si]1(c3ccccc3-c3ccccc31)c1ccccc1-2. The maximum atomic E-state index is 11.6. The van der Waals surface area contributed by atoms with E-state index in [-0.39, 0.29) is 10.6 Å². The van der Waals surface area contributed by atoms with E-state index in [1.54, 1.807) is 6.07 Å². The zero-order chi connectivity index (χ0) is 18.9. The van der Waals surface area contributed by atoms with Crippen LogP contribution in [-0.2, 0) is 0 Å². The number of benzene rings is 4. The molecule has 2 heterocycles. The van der Waals surface area contributed by atoms with Crippen LogP contribution < -0.4 is 20.7 Å². The van der Waals surface area contributed by atoms with E-state index >= 15 is 0 Å². The summed E-state index contributed by atoms with van der Waals surface area (Å²) in [5.74, 6) is 0. The van der Waals surface area contributed by atoms with E-state index < -0.39 is 8.07 Å². The van der Waals surface area contributed by atoms with Gasteiger partial charge in [0.05, 0.1) is 4.92 Å². The molecule has 0 radical (unpaired) electrons. The highest BCUT2D eigenvalue weighted by Crippen LogP contribution is 2.36. The number of fused-ring (bicyclic) bond motifs is 10. The van der Waals surface area contributed by atoms with Crippen LogP contribution in [-0.4, -0.2) is 13.0 Å². The van der Waals surface area contributed by atoms with Gasteiger partial charge in [-0.3, -0.25) is 10.1 Å². The van der Waals surface area contributed by atoms with Gasteiger partial charge < -0.3 is 0 Å². The maximum Gasteiger partial charge on any atom is 0.269 e. The number of nitro groups is 1. The minimum absolute atomic E-state index is 0.167. The summed E-state index contributed by atoms with van der Waals surface area (Å²) < 4.78 is 0. The molecule has 0 bridgehead atoms. The van der Waals surface area contributed by atoms with E-state index in [4.69, 9.17) is 0 Å². The molecule has 4 aromatic carbocycles. The largest absolute Gasteiger partial charge is 0.269 e. The average Bonchev–Trinajstić information content (AvgIpc) is 3.21. The summed E-state index contributed by atoms with van der Waals surface area (Å²) >= 11 is 0. The van der Waals surface area contributed by atoms with Crippen LogP contribution in [0.4, 0.5) is 5.69 Å². The number of nitrogens with zero attached hydrogens (tertiary/aromatic N) is 1. The first-order chi connectivity index (χ1) is 13.7. The topological polar surface area (TPSA) is 43.1 Å². The summed E-state index contributed by atoms with van der Waals surface area (Å²) in [4.78, 5) is 11.3. The van der Waals surface area contributed by atoms with Crippen molar-refractivity contribution in [3.63, 3.8) is 0 Å². The highest BCUT2D eigenvalue weighted by molar-refractivity contribution is 7.24. The molecule has 4 aromatic rings. The molecule has 0 saturated heterocycles. The molecule has 1 spiro atoms. The van der Waals surface area contributed by atoms with Crippen LogP contribution in [0.25, 0.3) is 22.3 Å². The van der Waals surface area contributed by atoms with Crippen LogP contribution in [0, 0.1) is 10.1 Å². The van der Waals surface area contributed by atoms with Gasteiger partial charge in [0.25, 0.3) is 5.69 Å². The highest BCUT2D eigenvalue weighted by atomic mass is 28.3. The zero-order valence-electron chi connectivity index (χ0n) is 14.9. The lowest BCUT2D eigenvalue weighted by Crippen LogP contribution is -2.70. The first-order valence-corrected chi connectivity index (χ1v) is 11.3. The third-order valence-electron chi connectivity index (χ3n) is 6.19. The molecule has 6 rings (SSSR count). The van der Waals surface area contributed by atoms with Gasteiger partial charge in [0.2, 0.25) is 0 Å². The molecule has 0 saturated carbocycles. The van der Waals surface area contributed by atoms with E-state index in [1.165, 1.54) is 32.3 Å². The van der Waals surface area contributed by atoms with Crippen molar-refractivity contribution in [2.45, 2.75) is 0 Å². The Kier molecular flexibility index (Phi) is 2.93. The van der Waals surface area contributed by atoms with Crippen LogP contribution >= 0.6 is 0 Å². The van der Waals surface area contributed by atoms with Crippen molar-refractivity contribution in [3.05, 3.63) is 101 Å². The van der Waals surface area contributed by atoms with Crippen molar-refractivity contribution in [1.29, 1.82) is 0 Å². The molecule has 0 unspecified atom stereocenters. The predicted octanol–water partition coefficient (Wildman–Crippen LogP) is 2.93. The molecule has 2 aliphatic heterocycles. The zero-order valence-corrected chi connectivity index (χ0v) is 15.9. The lowest BCUT2D eigenvalue weighted by atomic mass is 10.1. The van der Waals surface area contributed by atoms with Crippen molar-refractivity contribution >= 4 is 34.5 Å². The number of nitro benzene ring substituents is 1. The Balaban J connectivity index is 1.85. The average molecular weight is 377 g/mol. The second-order valence-corrected chi connectivity index (χ2v) is 11.0. The predicted molar refractivity (Wildman–Crippen MR) is 115 cm³/mol. The molecule has 4 heteroatoms. The second-order valence-electron chi connectivity index (χ2n) is 7.37. The van der Waals surface area contributed by atoms with Gasteiger partial charge in [-0.25, -0.2) is 0 Å². The second kappa shape index (κ2) is 5.27. The molecule has 2 aliphatic rings. The Bertz CT molecular complexity index is 1250. The van der Waals surface area contributed by atoms with Gasteiger partial charge in [0.1, 0.15) is 0 Å². The van der Waals surface area contributed by atoms with Gasteiger partial charge in [-0.2, -0.15) is 0 Å². The van der Waals surface area contributed by atoms with Gasteiger partial charge in [-0.1, -0.05) is 72.8 Å². The normalized spacial score (nSPS) is 14.3. The first kappa shape index (κ1) is 15.5. The minimum atomic E-state index is -2.53. The quantitative estimate of drug-likeness (QED) is 0.251. The first-order valence-electron chi connectivity index (χ1n) is 9.31. The summed E-state index contributed by atoms with van der Waals surface area (Å²) in [6, 6.07) is 31.1. The monoisotopic (exact) mass is 377 g/mol. The third kappa shape index (κ3) is 1.69. The summed E-state index contributed by atoms with van der Waals surface area (Å²) in [7, 11) is -2.53. The fourth-order valence-corrected chi connectivity index (χ4v) is 10.8. The third-order valence-corrected chi connectivity index (χ3v) is 11.1. The Labute approximate surface area is 163 Å². The van der Waals surface area contributed by atoms with Gasteiger partial charge in [-0.05, 0) is 49.1 Å². The van der Waals surface area contributed by atoms with Crippen molar-refractivity contribution < 1.29 is 4.92 Å². The van der Waals surface area contributed by atoms with Crippen LogP contribution in [0.5, 0.6) is 0 Å². The smallest absolute Gasteiger partial charge is 0.258 e. The van der Waals surface area contributed by atoms with Gasteiger partial charge >= 0.3 is 0 Å². The van der Waals surface area contributed by atoms with Crippen LogP contribution in [0.2, 0.25) is 0 Å². The molecular formula is C24H15NO2Si. The maximum absolute atomic E-state index is 11.6. The Morgan fingerprint density at radius 2 is 1.00 bits per heavy atom. The number of non-ortho nitro benzene ring substituents is 1. The van der Waals surface area contributed by atoms with Gasteiger partial charge in [0, 0.05) is 12.1 Å². The summed E-state index contributed by atoms with van der Waals surface area (Å²) in [5, 5.41) is 16.7. The molecule has 0 aliphatic carbocycles. The highest BCUT2D eigenvalue weighted by Gasteiger charge is 2.54. The van der Waals surface area contributed by atoms with Gasteiger partial charge in [0.15, 0.2) is 8.07 Å². The lowest BCUT2D eigenvalue weighted by Gasteiger charge is -2.27. The molecule has 0 amide bonds. The van der Waals surface area contributed by atoms with E-state index in [1.807, 2.05) is 12.1 Å². The minimum Gasteiger partial charge on any atom is -0.258 e. The number of hydrogen-bond donors (Lipinski definition) is 0. The molecule has 3 nitrogen and oxygen atoms in total. The molecule has 0 fully saturated rings. The fraction of sp³-hybridized carbons (Fsp3) is 0. The molecule has 0 N–H and O–H groups in total. The van der Waals surface area contributed by atoms with Crippen molar-refractivity contribution in [2.24, 2.45) is 0 Å². The Morgan fingerprint density at radius 1 is 0.571 bits per heavy atom. The lowest BCUT2D eigenvalue weighted by molar-refractivity contribution is -0.384. The van der Waals surface area contributed by atoms with Gasteiger partial charge in [-0.15, -0.1) is 0 Å². The standard InChI is InChI=1S/C24H15NO2Si/c26-25(27)16-13-14-20-19-9-3-6-12-23(19)28(24(20)15-16)21-10-4-1-7-17(21)18-8-2-5-11-22(18)28/h1-15H. The van der Waals surface area contributed by atoms with Crippen LogP contribution in [0.15, 0.2) is 91.0 Å². The van der Waals surface area contributed by atoms with E-state index in [0.717, 1.165) is 10.8 Å². The van der Waals surface area contributed by atoms with Crippen LogP contribution in [0.1, 0.15) is 0 Å². The summed E-state index contributed by atoms with van der Waals surface area (Å²) in [6.45, 7) is 0. The number of hydrogen-bond acceptors (Lipinski definition) is 2. The summed E-state index contributed by atoms with van der Waals surface area (Å²) in [6.07, 6.45) is 0. The Morgan fingerprint density at radius 3 is 1.46 bits per heavy atom. The van der Waals surface area contributed by atoms with Crippen molar-refractivity contribution in [1.82, 2.24) is 0 Å².